The number of benzene rings is 1. The van der Waals surface area contributed by atoms with Gasteiger partial charge in [0, 0.05) is 24.8 Å². The van der Waals surface area contributed by atoms with E-state index in [0.717, 1.165) is 20.9 Å². The van der Waals surface area contributed by atoms with Crippen molar-refractivity contribution < 1.29 is 19.1 Å². The second kappa shape index (κ2) is 8.19. The summed E-state index contributed by atoms with van der Waals surface area (Å²) in [5, 5.41) is 3.66. The third kappa shape index (κ3) is 4.02. The Balaban J connectivity index is 1.46. The van der Waals surface area contributed by atoms with Crippen LogP contribution in [0.25, 0.3) is 10.2 Å². The lowest BCUT2D eigenvalue weighted by molar-refractivity contribution is -0.122. The van der Waals surface area contributed by atoms with Crippen LogP contribution in [0.2, 0.25) is 0 Å². The first-order chi connectivity index (χ1) is 14.4. The summed E-state index contributed by atoms with van der Waals surface area (Å²) in [4.78, 5) is 47.3. The first-order valence-corrected chi connectivity index (χ1v) is 10.4. The fourth-order valence-electron chi connectivity index (χ4n) is 3.40. The fraction of sp³-hybridized carbons (Fsp3) is 0.286. The molecule has 0 aliphatic carbocycles. The maximum Gasteiger partial charge on any atom is 0.338 e. The van der Waals surface area contributed by atoms with Crippen LogP contribution in [-0.4, -0.2) is 40.9 Å². The van der Waals surface area contributed by atoms with E-state index >= 15 is 0 Å². The van der Waals surface area contributed by atoms with Crippen LogP contribution in [-0.2, 0) is 14.3 Å². The quantitative estimate of drug-likeness (QED) is 0.632. The average Bonchev–Trinajstić information content (AvgIpc) is 3.29. The molecular formula is C21H20N4O4S. The van der Waals surface area contributed by atoms with Gasteiger partial charge < -0.3 is 15.0 Å². The minimum atomic E-state index is -0.515. The monoisotopic (exact) mass is 424 g/mol. The van der Waals surface area contributed by atoms with E-state index < -0.39 is 11.9 Å². The molecule has 9 heteroatoms. The number of carbonyl (C=O) groups is 3. The molecule has 1 atom stereocenters. The normalized spacial score (nSPS) is 16.1. The van der Waals surface area contributed by atoms with Gasteiger partial charge in [0.15, 0.2) is 0 Å². The second-order valence-electron chi connectivity index (χ2n) is 6.93. The van der Waals surface area contributed by atoms with Crippen LogP contribution >= 0.6 is 11.3 Å². The maximum absolute atomic E-state index is 12.7. The lowest BCUT2D eigenvalue weighted by atomic mass is 10.1. The minimum absolute atomic E-state index is 0.109. The zero-order valence-corrected chi connectivity index (χ0v) is 17.4. The van der Waals surface area contributed by atoms with Crippen LogP contribution < -0.4 is 10.2 Å². The molecule has 1 aromatic carbocycles. The van der Waals surface area contributed by atoms with Crippen molar-refractivity contribution in [2.75, 3.05) is 23.4 Å². The molecule has 3 heterocycles. The number of hydrogen-bond acceptors (Lipinski definition) is 7. The van der Waals surface area contributed by atoms with Gasteiger partial charge in [0.25, 0.3) is 0 Å². The standard InChI is InChI=1S/C21H20N4O4S/c1-3-29-21(28)13-6-7-22-18(8-13)24-20(27)14-9-19(26)25(11-14)15-4-5-17-16(10-15)23-12(2)30-17/h4-8,10,14H,3,9,11H2,1-2H3,(H,22,24,27). The summed E-state index contributed by atoms with van der Waals surface area (Å²) in [5.74, 6) is -1.18. The number of pyridine rings is 1. The molecule has 2 amide bonds. The van der Waals surface area contributed by atoms with Crippen molar-refractivity contribution in [3.8, 4) is 0 Å². The van der Waals surface area contributed by atoms with E-state index in [1.807, 2.05) is 25.1 Å². The highest BCUT2D eigenvalue weighted by Gasteiger charge is 2.35. The number of amides is 2. The predicted octanol–water partition coefficient (Wildman–Crippen LogP) is 3.17. The zero-order chi connectivity index (χ0) is 21.3. The van der Waals surface area contributed by atoms with Crippen molar-refractivity contribution >= 4 is 50.8 Å². The smallest absolute Gasteiger partial charge is 0.338 e. The number of anilines is 2. The Bertz CT molecular complexity index is 1140. The molecule has 0 spiro atoms. The molecule has 1 unspecified atom stereocenters. The summed E-state index contributed by atoms with van der Waals surface area (Å²) < 4.78 is 6.02. The van der Waals surface area contributed by atoms with Gasteiger partial charge in [-0.05, 0) is 44.2 Å². The Labute approximate surface area is 176 Å². The van der Waals surface area contributed by atoms with E-state index in [2.05, 4.69) is 15.3 Å². The van der Waals surface area contributed by atoms with E-state index in [-0.39, 0.29) is 37.2 Å². The number of thiazole rings is 1. The molecule has 2 aromatic heterocycles. The van der Waals surface area contributed by atoms with Gasteiger partial charge in [-0.15, -0.1) is 11.3 Å². The van der Waals surface area contributed by atoms with E-state index in [9.17, 15) is 14.4 Å². The Morgan fingerprint density at radius 2 is 2.13 bits per heavy atom. The third-order valence-corrected chi connectivity index (χ3v) is 5.76. The number of nitrogens with zero attached hydrogens (tertiary/aromatic N) is 3. The number of ether oxygens (including phenoxy) is 1. The first kappa shape index (κ1) is 20.0. The van der Waals surface area contributed by atoms with Gasteiger partial charge in [0.05, 0.1) is 33.3 Å². The largest absolute Gasteiger partial charge is 0.462 e. The van der Waals surface area contributed by atoms with Gasteiger partial charge in [-0.1, -0.05) is 0 Å². The van der Waals surface area contributed by atoms with E-state index in [4.69, 9.17) is 4.74 Å². The summed E-state index contributed by atoms with van der Waals surface area (Å²) in [6, 6.07) is 8.68. The van der Waals surface area contributed by atoms with Gasteiger partial charge in [-0.2, -0.15) is 0 Å². The van der Waals surface area contributed by atoms with Crippen molar-refractivity contribution in [1.82, 2.24) is 9.97 Å². The Morgan fingerprint density at radius 1 is 1.30 bits per heavy atom. The van der Waals surface area contributed by atoms with Crippen molar-refractivity contribution in [3.63, 3.8) is 0 Å². The molecule has 4 rings (SSSR count). The lowest BCUT2D eigenvalue weighted by Crippen LogP contribution is -2.28. The highest BCUT2D eigenvalue weighted by atomic mass is 32.1. The average molecular weight is 424 g/mol. The fourth-order valence-corrected chi connectivity index (χ4v) is 4.21. The number of aromatic nitrogens is 2. The zero-order valence-electron chi connectivity index (χ0n) is 16.5. The van der Waals surface area contributed by atoms with Crippen molar-refractivity contribution in [2.45, 2.75) is 20.3 Å². The maximum atomic E-state index is 12.7. The number of nitrogens with one attached hydrogen (secondary N) is 1. The third-order valence-electron chi connectivity index (χ3n) is 4.81. The Kier molecular flexibility index (Phi) is 5.45. The highest BCUT2D eigenvalue weighted by Crippen LogP contribution is 2.30. The molecule has 1 fully saturated rings. The molecular weight excluding hydrogens is 404 g/mol. The van der Waals surface area contributed by atoms with Gasteiger partial charge in [0.2, 0.25) is 11.8 Å². The Morgan fingerprint density at radius 3 is 2.93 bits per heavy atom. The van der Waals surface area contributed by atoms with Gasteiger partial charge in [-0.3, -0.25) is 9.59 Å². The molecule has 1 saturated heterocycles. The predicted molar refractivity (Wildman–Crippen MR) is 114 cm³/mol. The highest BCUT2D eigenvalue weighted by molar-refractivity contribution is 7.18. The number of rotatable bonds is 5. The molecule has 0 saturated carbocycles. The SMILES string of the molecule is CCOC(=O)c1ccnc(NC(=O)C2CC(=O)N(c3ccc4sc(C)nc4c3)C2)c1. The minimum Gasteiger partial charge on any atom is -0.462 e. The van der Waals surface area contributed by atoms with Crippen molar-refractivity contribution in [3.05, 3.63) is 47.1 Å². The van der Waals surface area contributed by atoms with Crippen LogP contribution in [0.4, 0.5) is 11.5 Å². The van der Waals surface area contributed by atoms with E-state index in [0.29, 0.717) is 5.56 Å². The van der Waals surface area contributed by atoms with Gasteiger partial charge in [0.1, 0.15) is 5.82 Å². The summed E-state index contributed by atoms with van der Waals surface area (Å²) >= 11 is 1.60. The van der Waals surface area contributed by atoms with E-state index in [1.54, 1.807) is 23.2 Å². The second-order valence-corrected chi connectivity index (χ2v) is 8.16. The number of aryl methyl sites for hydroxylation is 1. The molecule has 1 aliphatic rings. The van der Waals surface area contributed by atoms with Crippen LogP contribution in [0.3, 0.4) is 0 Å². The molecule has 1 aliphatic heterocycles. The summed E-state index contributed by atoms with van der Waals surface area (Å²) in [7, 11) is 0. The molecule has 0 bridgehead atoms. The molecule has 30 heavy (non-hydrogen) atoms. The number of carbonyl (C=O) groups excluding carboxylic acids is 3. The van der Waals surface area contributed by atoms with Crippen LogP contribution in [0.1, 0.15) is 28.7 Å². The van der Waals surface area contributed by atoms with Crippen molar-refractivity contribution in [1.29, 1.82) is 0 Å². The number of fused-ring (bicyclic) bond motifs is 1. The molecule has 3 aromatic rings. The summed E-state index contributed by atoms with van der Waals surface area (Å²) in [6.07, 6.45) is 1.54. The van der Waals surface area contributed by atoms with Crippen molar-refractivity contribution in [2.24, 2.45) is 5.92 Å². The Hall–Kier alpha value is -3.33. The van der Waals surface area contributed by atoms with Crippen LogP contribution in [0.5, 0.6) is 0 Å². The molecule has 154 valence electrons. The van der Waals surface area contributed by atoms with Crippen LogP contribution in [0, 0.1) is 12.8 Å². The summed E-state index contributed by atoms with van der Waals surface area (Å²) in [6.45, 7) is 4.20. The first-order valence-electron chi connectivity index (χ1n) is 9.56. The lowest BCUT2D eigenvalue weighted by Gasteiger charge is -2.16. The topological polar surface area (TPSA) is 101 Å². The number of hydrogen-bond donors (Lipinski definition) is 1. The summed E-state index contributed by atoms with van der Waals surface area (Å²) in [5.41, 5.74) is 1.88. The van der Waals surface area contributed by atoms with Gasteiger partial charge >= 0.3 is 5.97 Å². The van der Waals surface area contributed by atoms with Gasteiger partial charge in [-0.25, -0.2) is 14.8 Å². The van der Waals surface area contributed by atoms with E-state index in [1.165, 1.54) is 18.3 Å². The van der Waals surface area contributed by atoms with Crippen LogP contribution in [0.15, 0.2) is 36.5 Å². The number of esters is 1. The molecule has 8 nitrogen and oxygen atoms in total. The molecule has 0 radical (unpaired) electrons. The molecule has 1 N–H and O–H groups in total.